The molecule has 1 amide bonds. The maximum absolute atomic E-state index is 12.3. The van der Waals surface area contributed by atoms with Crippen LogP contribution in [0.4, 0.5) is 0 Å². The van der Waals surface area contributed by atoms with Crippen LogP contribution in [0.3, 0.4) is 0 Å². The summed E-state index contributed by atoms with van der Waals surface area (Å²) in [5.41, 5.74) is 2.06. The molecule has 1 N–H and O–H groups in total. The SMILES string of the molecule is O=C(NCCC1CCN(Cc2ccccc2)CC1)c1noc(-c2cccnc2)n1. The molecule has 0 spiro atoms. The Labute approximate surface area is 170 Å². The molecule has 150 valence electrons. The van der Waals surface area contributed by atoms with Crippen LogP contribution in [0.5, 0.6) is 0 Å². The minimum absolute atomic E-state index is 0.0570. The summed E-state index contributed by atoms with van der Waals surface area (Å²) in [5.74, 6) is 0.694. The summed E-state index contributed by atoms with van der Waals surface area (Å²) in [4.78, 5) is 22.9. The number of benzene rings is 1. The van der Waals surface area contributed by atoms with E-state index in [2.05, 4.69) is 55.7 Å². The lowest BCUT2D eigenvalue weighted by Crippen LogP contribution is -2.35. The second-order valence-corrected chi connectivity index (χ2v) is 7.41. The molecule has 0 atom stereocenters. The first-order valence-corrected chi connectivity index (χ1v) is 10.1. The first-order chi connectivity index (χ1) is 14.3. The van der Waals surface area contributed by atoms with Crippen molar-refractivity contribution in [1.29, 1.82) is 0 Å². The van der Waals surface area contributed by atoms with Gasteiger partial charge in [-0.15, -0.1) is 0 Å². The van der Waals surface area contributed by atoms with E-state index >= 15 is 0 Å². The van der Waals surface area contributed by atoms with Gasteiger partial charge in [-0.2, -0.15) is 4.98 Å². The first-order valence-electron chi connectivity index (χ1n) is 10.1. The second kappa shape index (κ2) is 9.43. The van der Waals surface area contributed by atoms with Crippen LogP contribution in [-0.2, 0) is 6.54 Å². The highest BCUT2D eigenvalue weighted by Crippen LogP contribution is 2.21. The molecular weight excluding hydrogens is 366 g/mol. The molecule has 4 rings (SSSR count). The molecule has 1 aliphatic heterocycles. The Morgan fingerprint density at radius 3 is 2.72 bits per heavy atom. The Balaban J connectivity index is 1.18. The van der Waals surface area contributed by atoms with Gasteiger partial charge in [0.1, 0.15) is 0 Å². The molecule has 7 nitrogen and oxygen atoms in total. The van der Waals surface area contributed by atoms with Crippen LogP contribution in [0.1, 0.15) is 35.4 Å². The van der Waals surface area contributed by atoms with Gasteiger partial charge in [-0.1, -0.05) is 35.5 Å². The molecule has 3 heterocycles. The van der Waals surface area contributed by atoms with Crippen LogP contribution in [0.15, 0.2) is 59.4 Å². The lowest BCUT2D eigenvalue weighted by molar-refractivity contribution is 0.0934. The molecule has 7 heteroatoms. The van der Waals surface area contributed by atoms with Crippen LogP contribution < -0.4 is 5.32 Å². The zero-order valence-corrected chi connectivity index (χ0v) is 16.3. The van der Waals surface area contributed by atoms with Gasteiger partial charge in [-0.05, 0) is 56.0 Å². The minimum atomic E-state index is -0.301. The van der Waals surface area contributed by atoms with E-state index in [1.165, 1.54) is 5.56 Å². The largest absolute Gasteiger partial charge is 0.349 e. The monoisotopic (exact) mass is 391 g/mol. The highest BCUT2D eigenvalue weighted by atomic mass is 16.5. The van der Waals surface area contributed by atoms with E-state index in [-0.39, 0.29) is 11.7 Å². The molecule has 0 aliphatic carbocycles. The Kier molecular flexibility index (Phi) is 6.26. The van der Waals surface area contributed by atoms with E-state index < -0.39 is 0 Å². The van der Waals surface area contributed by atoms with Gasteiger partial charge in [0, 0.05) is 25.5 Å². The van der Waals surface area contributed by atoms with E-state index in [1.54, 1.807) is 18.5 Å². The van der Waals surface area contributed by atoms with Gasteiger partial charge in [-0.25, -0.2) is 0 Å². The first kappa shape index (κ1) is 19.3. The molecule has 1 saturated heterocycles. The normalized spacial score (nSPS) is 15.3. The molecule has 0 saturated carbocycles. The number of carbonyl (C=O) groups is 1. The molecule has 3 aromatic rings. The predicted molar refractivity (Wildman–Crippen MR) is 109 cm³/mol. The van der Waals surface area contributed by atoms with Crippen molar-refractivity contribution in [2.24, 2.45) is 5.92 Å². The number of aromatic nitrogens is 3. The summed E-state index contributed by atoms with van der Waals surface area (Å²) in [6, 6.07) is 14.2. The lowest BCUT2D eigenvalue weighted by atomic mass is 9.93. The number of piperidine rings is 1. The van der Waals surface area contributed by atoms with E-state index in [0.29, 0.717) is 23.9 Å². The average molecular weight is 391 g/mol. The third-order valence-electron chi connectivity index (χ3n) is 5.33. The summed E-state index contributed by atoms with van der Waals surface area (Å²) >= 11 is 0. The molecule has 1 aliphatic rings. The zero-order chi connectivity index (χ0) is 19.9. The third kappa shape index (κ3) is 5.26. The van der Waals surface area contributed by atoms with Crippen molar-refractivity contribution in [3.63, 3.8) is 0 Å². The van der Waals surface area contributed by atoms with Gasteiger partial charge in [0.05, 0.1) is 5.56 Å². The van der Waals surface area contributed by atoms with Crippen molar-refractivity contribution >= 4 is 5.91 Å². The summed E-state index contributed by atoms with van der Waals surface area (Å²) in [6.07, 6.45) is 6.59. The van der Waals surface area contributed by atoms with E-state index in [0.717, 1.165) is 38.9 Å². The number of likely N-dealkylation sites (tertiary alicyclic amines) is 1. The molecule has 1 aromatic carbocycles. The third-order valence-corrected chi connectivity index (χ3v) is 5.33. The summed E-state index contributed by atoms with van der Waals surface area (Å²) < 4.78 is 5.16. The van der Waals surface area contributed by atoms with E-state index in [9.17, 15) is 4.79 Å². The fourth-order valence-electron chi connectivity index (χ4n) is 3.67. The van der Waals surface area contributed by atoms with Gasteiger partial charge in [0.2, 0.25) is 0 Å². The van der Waals surface area contributed by atoms with E-state index in [1.807, 2.05) is 6.07 Å². The van der Waals surface area contributed by atoms with Crippen LogP contribution in [0.2, 0.25) is 0 Å². The van der Waals surface area contributed by atoms with Crippen LogP contribution in [-0.4, -0.2) is 45.6 Å². The molecule has 1 fully saturated rings. The molecule has 0 unspecified atom stereocenters. The fraction of sp³-hybridized carbons (Fsp3) is 0.364. The maximum atomic E-state index is 12.3. The highest BCUT2D eigenvalue weighted by molar-refractivity contribution is 5.90. The number of nitrogens with zero attached hydrogens (tertiary/aromatic N) is 4. The number of pyridine rings is 1. The number of hydrogen-bond donors (Lipinski definition) is 1. The number of hydrogen-bond acceptors (Lipinski definition) is 6. The van der Waals surface area contributed by atoms with Crippen molar-refractivity contribution in [2.75, 3.05) is 19.6 Å². The molecular formula is C22H25N5O2. The maximum Gasteiger partial charge on any atom is 0.292 e. The zero-order valence-electron chi connectivity index (χ0n) is 16.3. The van der Waals surface area contributed by atoms with Crippen molar-refractivity contribution in [3.05, 3.63) is 66.2 Å². The van der Waals surface area contributed by atoms with Gasteiger partial charge >= 0.3 is 0 Å². The molecule has 0 bridgehead atoms. The second-order valence-electron chi connectivity index (χ2n) is 7.41. The number of nitrogens with one attached hydrogen (secondary N) is 1. The Hall–Kier alpha value is -3.06. The van der Waals surface area contributed by atoms with Crippen molar-refractivity contribution < 1.29 is 9.32 Å². The van der Waals surface area contributed by atoms with Crippen molar-refractivity contribution in [2.45, 2.75) is 25.8 Å². The quantitative estimate of drug-likeness (QED) is 0.666. The van der Waals surface area contributed by atoms with Crippen LogP contribution >= 0.6 is 0 Å². The summed E-state index contributed by atoms with van der Waals surface area (Å²) in [6.45, 7) is 3.85. The molecule has 29 heavy (non-hydrogen) atoms. The standard InChI is InChI=1S/C22H25N5O2/c28-21(20-25-22(29-26-20)19-7-4-11-23-15-19)24-12-8-17-9-13-27(14-10-17)16-18-5-2-1-3-6-18/h1-7,11,15,17H,8-10,12-14,16H2,(H,24,28). The van der Waals surface area contributed by atoms with Gasteiger partial charge in [-0.3, -0.25) is 14.7 Å². The fourth-order valence-corrected chi connectivity index (χ4v) is 3.67. The van der Waals surface area contributed by atoms with Gasteiger partial charge < -0.3 is 9.84 Å². The van der Waals surface area contributed by atoms with Crippen LogP contribution in [0.25, 0.3) is 11.5 Å². The summed E-state index contributed by atoms with van der Waals surface area (Å²) in [5, 5.41) is 6.68. The van der Waals surface area contributed by atoms with Gasteiger partial charge in [0.25, 0.3) is 17.6 Å². The Morgan fingerprint density at radius 1 is 1.14 bits per heavy atom. The molecule has 2 aromatic heterocycles. The smallest absolute Gasteiger partial charge is 0.292 e. The van der Waals surface area contributed by atoms with Gasteiger partial charge in [0.15, 0.2) is 0 Å². The number of amides is 1. The van der Waals surface area contributed by atoms with E-state index in [4.69, 9.17) is 4.52 Å². The molecule has 0 radical (unpaired) electrons. The van der Waals surface area contributed by atoms with Crippen LogP contribution in [0, 0.1) is 5.92 Å². The Bertz CT molecular complexity index is 905. The topological polar surface area (TPSA) is 84.2 Å². The number of carbonyl (C=O) groups excluding carboxylic acids is 1. The van der Waals surface area contributed by atoms with Crippen molar-refractivity contribution in [3.8, 4) is 11.5 Å². The Morgan fingerprint density at radius 2 is 1.97 bits per heavy atom. The average Bonchev–Trinajstić information content (AvgIpc) is 3.27. The number of rotatable bonds is 7. The van der Waals surface area contributed by atoms with Crippen molar-refractivity contribution in [1.82, 2.24) is 25.3 Å². The highest BCUT2D eigenvalue weighted by Gasteiger charge is 2.20. The summed E-state index contributed by atoms with van der Waals surface area (Å²) in [7, 11) is 0. The predicted octanol–water partition coefficient (Wildman–Crippen LogP) is 3.16. The minimum Gasteiger partial charge on any atom is -0.349 e. The lowest BCUT2D eigenvalue weighted by Gasteiger charge is -2.32.